The molecule has 0 spiro atoms. The molecule has 1 saturated heterocycles. The summed E-state index contributed by atoms with van der Waals surface area (Å²) in [5, 5.41) is 3.11. The molecule has 0 aromatic rings. The van der Waals surface area contributed by atoms with Crippen molar-refractivity contribution < 1.29 is 4.79 Å². The van der Waals surface area contributed by atoms with Crippen molar-refractivity contribution in [1.29, 1.82) is 0 Å². The number of nitrogens with one attached hydrogen (secondary N) is 1. The molecule has 1 amide bonds. The molecule has 5 heteroatoms. The Morgan fingerprint density at radius 1 is 1.47 bits per heavy atom. The third-order valence-electron chi connectivity index (χ3n) is 3.28. The van der Waals surface area contributed by atoms with E-state index >= 15 is 0 Å². The van der Waals surface area contributed by atoms with Crippen LogP contribution in [0.1, 0.15) is 19.8 Å². The normalized spacial score (nSPS) is 18.8. The van der Waals surface area contributed by atoms with Gasteiger partial charge in [0.15, 0.2) is 0 Å². The van der Waals surface area contributed by atoms with Crippen LogP contribution in [0.15, 0.2) is 0 Å². The Labute approximate surface area is 104 Å². The summed E-state index contributed by atoms with van der Waals surface area (Å²) in [4.78, 5) is 15.9. The SMILES string of the molecule is CCNC(CN(C)CCN1CCCC1)C(N)=O. The Hall–Kier alpha value is -0.650. The minimum absolute atomic E-state index is 0.233. The van der Waals surface area contributed by atoms with E-state index in [1.54, 1.807) is 0 Å². The topological polar surface area (TPSA) is 61.6 Å². The van der Waals surface area contributed by atoms with Crippen molar-refractivity contribution in [1.82, 2.24) is 15.1 Å². The van der Waals surface area contributed by atoms with Crippen molar-refractivity contribution in [3.63, 3.8) is 0 Å². The molecular formula is C12H26N4O. The molecule has 1 aliphatic heterocycles. The first-order valence-corrected chi connectivity index (χ1v) is 6.57. The minimum atomic E-state index is -0.264. The maximum absolute atomic E-state index is 11.2. The van der Waals surface area contributed by atoms with E-state index in [1.807, 2.05) is 14.0 Å². The van der Waals surface area contributed by atoms with E-state index in [-0.39, 0.29) is 11.9 Å². The van der Waals surface area contributed by atoms with Crippen molar-refractivity contribution in [3.05, 3.63) is 0 Å². The Morgan fingerprint density at radius 2 is 2.12 bits per heavy atom. The molecule has 1 rings (SSSR count). The van der Waals surface area contributed by atoms with Gasteiger partial charge in [0.05, 0.1) is 6.04 Å². The van der Waals surface area contributed by atoms with Gasteiger partial charge in [0.25, 0.3) is 0 Å². The number of likely N-dealkylation sites (N-methyl/N-ethyl adjacent to an activating group) is 2. The highest BCUT2D eigenvalue weighted by molar-refractivity contribution is 5.80. The minimum Gasteiger partial charge on any atom is -0.368 e. The first-order chi connectivity index (χ1) is 8.13. The van der Waals surface area contributed by atoms with Gasteiger partial charge in [-0.1, -0.05) is 6.92 Å². The zero-order valence-electron chi connectivity index (χ0n) is 11.1. The second kappa shape index (κ2) is 7.63. The van der Waals surface area contributed by atoms with Gasteiger partial charge in [-0.2, -0.15) is 0 Å². The lowest BCUT2D eigenvalue weighted by Gasteiger charge is -2.24. The molecule has 17 heavy (non-hydrogen) atoms. The molecule has 0 saturated carbocycles. The highest BCUT2D eigenvalue weighted by Crippen LogP contribution is 2.06. The average molecular weight is 242 g/mol. The van der Waals surface area contributed by atoms with Crippen LogP contribution < -0.4 is 11.1 Å². The van der Waals surface area contributed by atoms with Crippen molar-refractivity contribution in [2.45, 2.75) is 25.8 Å². The summed E-state index contributed by atoms with van der Waals surface area (Å²) in [5.74, 6) is -0.264. The van der Waals surface area contributed by atoms with Crippen LogP contribution in [-0.4, -0.2) is 68.1 Å². The van der Waals surface area contributed by atoms with E-state index in [9.17, 15) is 4.79 Å². The van der Waals surface area contributed by atoms with Crippen LogP contribution >= 0.6 is 0 Å². The molecule has 0 aromatic heterocycles. The lowest BCUT2D eigenvalue weighted by atomic mass is 10.2. The summed E-state index contributed by atoms with van der Waals surface area (Å²) in [5.41, 5.74) is 5.35. The summed E-state index contributed by atoms with van der Waals surface area (Å²) in [6, 6.07) is -0.233. The van der Waals surface area contributed by atoms with E-state index in [2.05, 4.69) is 15.1 Å². The van der Waals surface area contributed by atoms with Crippen LogP contribution in [0.2, 0.25) is 0 Å². The Morgan fingerprint density at radius 3 is 2.65 bits per heavy atom. The van der Waals surface area contributed by atoms with Crippen molar-refractivity contribution in [2.75, 3.05) is 46.3 Å². The third kappa shape index (κ3) is 5.48. The van der Waals surface area contributed by atoms with E-state index in [4.69, 9.17) is 5.73 Å². The molecule has 0 radical (unpaired) electrons. The van der Waals surface area contributed by atoms with Crippen LogP contribution in [0.4, 0.5) is 0 Å². The molecule has 100 valence electrons. The predicted molar refractivity (Wildman–Crippen MR) is 69.8 cm³/mol. The van der Waals surface area contributed by atoms with Gasteiger partial charge in [0.1, 0.15) is 0 Å². The fourth-order valence-electron chi connectivity index (χ4n) is 2.22. The van der Waals surface area contributed by atoms with Gasteiger partial charge in [-0.15, -0.1) is 0 Å². The molecule has 1 atom stereocenters. The van der Waals surface area contributed by atoms with Crippen LogP contribution in [0.3, 0.4) is 0 Å². The van der Waals surface area contributed by atoms with Crippen molar-refractivity contribution >= 4 is 5.91 Å². The van der Waals surface area contributed by atoms with Gasteiger partial charge in [-0.25, -0.2) is 0 Å². The van der Waals surface area contributed by atoms with Crippen LogP contribution in [-0.2, 0) is 4.79 Å². The Balaban J connectivity index is 2.21. The quantitative estimate of drug-likeness (QED) is 0.601. The number of primary amides is 1. The maximum atomic E-state index is 11.2. The molecule has 1 unspecified atom stereocenters. The third-order valence-corrected chi connectivity index (χ3v) is 3.28. The maximum Gasteiger partial charge on any atom is 0.235 e. The summed E-state index contributed by atoms with van der Waals surface area (Å²) < 4.78 is 0. The number of nitrogens with two attached hydrogens (primary N) is 1. The molecule has 1 heterocycles. The smallest absolute Gasteiger partial charge is 0.235 e. The number of hydrogen-bond donors (Lipinski definition) is 2. The molecular weight excluding hydrogens is 216 g/mol. The van der Waals surface area contributed by atoms with Gasteiger partial charge < -0.3 is 20.9 Å². The molecule has 0 aliphatic carbocycles. The van der Waals surface area contributed by atoms with Gasteiger partial charge >= 0.3 is 0 Å². The number of carbonyl (C=O) groups is 1. The van der Waals surface area contributed by atoms with Gasteiger partial charge in [0.2, 0.25) is 5.91 Å². The molecule has 0 aromatic carbocycles. The average Bonchev–Trinajstić information content (AvgIpc) is 2.78. The molecule has 0 bridgehead atoms. The van der Waals surface area contributed by atoms with Crippen LogP contribution in [0, 0.1) is 0 Å². The number of amides is 1. The molecule has 1 fully saturated rings. The fourth-order valence-corrected chi connectivity index (χ4v) is 2.22. The first-order valence-electron chi connectivity index (χ1n) is 6.57. The molecule has 5 nitrogen and oxygen atoms in total. The second-order valence-corrected chi connectivity index (χ2v) is 4.82. The summed E-state index contributed by atoms with van der Waals surface area (Å²) in [6.45, 7) is 7.98. The van der Waals surface area contributed by atoms with E-state index in [0.717, 1.165) is 19.6 Å². The highest BCUT2D eigenvalue weighted by atomic mass is 16.1. The van der Waals surface area contributed by atoms with Crippen LogP contribution in [0.5, 0.6) is 0 Å². The predicted octanol–water partition coefficient (Wildman–Crippen LogP) is -0.523. The van der Waals surface area contributed by atoms with E-state index < -0.39 is 0 Å². The van der Waals surface area contributed by atoms with Gasteiger partial charge in [-0.3, -0.25) is 4.79 Å². The lowest BCUT2D eigenvalue weighted by molar-refractivity contribution is -0.120. The Kier molecular flexibility index (Phi) is 6.47. The van der Waals surface area contributed by atoms with Gasteiger partial charge in [0, 0.05) is 19.6 Å². The highest BCUT2D eigenvalue weighted by Gasteiger charge is 2.17. The van der Waals surface area contributed by atoms with E-state index in [0.29, 0.717) is 6.54 Å². The lowest BCUT2D eigenvalue weighted by Crippen LogP contribution is -2.49. The number of likely N-dealkylation sites (tertiary alicyclic amines) is 1. The number of nitrogens with zero attached hydrogens (tertiary/aromatic N) is 2. The van der Waals surface area contributed by atoms with Gasteiger partial charge in [-0.05, 0) is 39.5 Å². The molecule has 1 aliphatic rings. The number of rotatable bonds is 8. The van der Waals surface area contributed by atoms with Crippen molar-refractivity contribution in [2.24, 2.45) is 5.73 Å². The monoisotopic (exact) mass is 242 g/mol. The fraction of sp³-hybridized carbons (Fsp3) is 0.917. The number of hydrogen-bond acceptors (Lipinski definition) is 4. The van der Waals surface area contributed by atoms with E-state index in [1.165, 1.54) is 25.9 Å². The largest absolute Gasteiger partial charge is 0.368 e. The standard InChI is InChI=1S/C12H26N4O/c1-3-14-11(12(13)17)10-15(2)8-9-16-6-4-5-7-16/h11,14H,3-10H2,1-2H3,(H2,13,17). The Bertz CT molecular complexity index is 229. The number of carbonyl (C=O) groups excluding carboxylic acids is 1. The first kappa shape index (κ1) is 14.4. The summed E-state index contributed by atoms with van der Waals surface area (Å²) in [7, 11) is 2.04. The summed E-state index contributed by atoms with van der Waals surface area (Å²) >= 11 is 0. The van der Waals surface area contributed by atoms with Crippen molar-refractivity contribution in [3.8, 4) is 0 Å². The van der Waals surface area contributed by atoms with Crippen LogP contribution in [0.25, 0.3) is 0 Å². The zero-order valence-corrected chi connectivity index (χ0v) is 11.1. The zero-order chi connectivity index (χ0) is 12.7. The summed E-state index contributed by atoms with van der Waals surface area (Å²) in [6.07, 6.45) is 2.65. The molecule has 3 N–H and O–H groups in total. The second-order valence-electron chi connectivity index (χ2n) is 4.82.